The van der Waals surface area contributed by atoms with Gasteiger partial charge in [-0.15, -0.1) is 0 Å². The largest absolute Gasteiger partial charge is 0.472 e. The van der Waals surface area contributed by atoms with Gasteiger partial charge < -0.3 is 33.8 Å². The Balaban J connectivity index is 5.00. The van der Waals surface area contributed by atoms with Gasteiger partial charge in [0, 0.05) is 25.7 Å². The lowest BCUT2D eigenvalue weighted by molar-refractivity contribution is -0.161. The fourth-order valence-electron chi connectivity index (χ4n) is 8.93. The molecule has 0 fully saturated rings. The van der Waals surface area contributed by atoms with E-state index in [2.05, 4.69) is 27.7 Å². The maximum absolute atomic E-state index is 12.9. The van der Waals surface area contributed by atoms with Crippen molar-refractivity contribution in [3.63, 3.8) is 0 Å². The zero-order valence-corrected chi connectivity index (χ0v) is 52.1. The fourth-order valence-corrected chi connectivity index (χ4v) is 10.5. The van der Waals surface area contributed by atoms with Gasteiger partial charge in [0.1, 0.15) is 19.3 Å². The molecule has 0 rings (SSSR count). The van der Waals surface area contributed by atoms with E-state index in [1.807, 2.05) is 0 Å². The molecule has 0 saturated carbocycles. The van der Waals surface area contributed by atoms with Crippen LogP contribution in [0.5, 0.6) is 0 Å². The van der Waals surface area contributed by atoms with Crippen molar-refractivity contribution in [2.45, 2.75) is 322 Å². The SMILES string of the molecule is CCCCCCCCCCCCCCCCCCCCCCC(=O)O[C@H](COC(=O)CCCCCCCCC)COP(=O)(O)OC[C@@H](O)COP(=O)(O)OC[C@@H](COC(=O)CCCCCCC)OC(=O)CCCCCCCCC. The monoisotopic (exact) mass is 1170 g/mol. The van der Waals surface area contributed by atoms with Gasteiger partial charge >= 0.3 is 39.5 Å². The number of ether oxygens (including phenoxy) is 4. The van der Waals surface area contributed by atoms with Crippen molar-refractivity contribution in [2.24, 2.45) is 0 Å². The number of aliphatic hydroxyl groups is 1. The van der Waals surface area contributed by atoms with Gasteiger partial charge in [-0.1, -0.05) is 252 Å². The summed E-state index contributed by atoms with van der Waals surface area (Å²) in [5, 5.41) is 10.5. The smallest absolute Gasteiger partial charge is 0.462 e. The summed E-state index contributed by atoms with van der Waals surface area (Å²) in [7, 11) is -9.86. The second kappa shape index (κ2) is 55.3. The van der Waals surface area contributed by atoms with Gasteiger partial charge in [-0.3, -0.25) is 37.3 Å². The van der Waals surface area contributed by atoms with E-state index in [4.69, 9.17) is 37.0 Å². The summed E-state index contributed by atoms with van der Waals surface area (Å²) in [6.45, 7) is 4.69. The molecule has 5 atom stereocenters. The molecule has 0 radical (unpaired) electrons. The molecule has 2 unspecified atom stereocenters. The van der Waals surface area contributed by atoms with Gasteiger partial charge in [-0.25, -0.2) is 9.13 Å². The Morgan fingerprint density at radius 2 is 0.506 bits per heavy atom. The average Bonchev–Trinajstić information content (AvgIpc) is 3.42. The zero-order chi connectivity index (χ0) is 58.3. The summed E-state index contributed by atoms with van der Waals surface area (Å²) in [6, 6.07) is 0. The Labute approximate surface area is 479 Å². The predicted molar refractivity (Wildman–Crippen MR) is 312 cm³/mol. The number of carbonyl (C=O) groups excluding carboxylic acids is 4. The summed E-state index contributed by atoms with van der Waals surface area (Å²) >= 11 is 0. The van der Waals surface area contributed by atoms with E-state index in [9.17, 15) is 43.2 Å². The van der Waals surface area contributed by atoms with Crippen LogP contribution in [0.3, 0.4) is 0 Å². The Morgan fingerprint density at radius 1 is 0.304 bits per heavy atom. The van der Waals surface area contributed by atoms with Crippen LogP contribution in [-0.2, 0) is 65.4 Å². The van der Waals surface area contributed by atoms with Crippen molar-refractivity contribution in [2.75, 3.05) is 39.6 Å². The van der Waals surface area contributed by atoms with E-state index < -0.39 is 97.5 Å². The van der Waals surface area contributed by atoms with Crippen LogP contribution in [-0.4, -0.2) is 96.7 Å². The number of esters is 4. The minimum absolute atomic E-state index is 0.103. The Morgan fingerprint density at radius 3 is 0.747 bits per heavy atom. The molecule has 3 N–H and O–H groups in total. The van der Waals surface area contributed by atoms with Gasteiger partial charge in [0.05, 0.1) is 26.4 Å². The molecule has 0 aliphatic carbocycles. The fraction of sp³-hybridized carbons (Fsp3) is 0.933. The minimum Gasteiger partial charge on any atom is -0.462 e. The van der Waals surface area contributed by atoms with Crippen molar-refractivity contribution in [3.05, 3.63) is 0 Å². The molecular weight excluding hydrogens is 1050 g/mol. The maximum Gasteiger partial charge on any atom is 0.472 e. The van der Waals surface area contributed by atoms with Crippen LogP contribution in [0.1, 0.15) is 304 Å². The van der Waals surface area contributed by atoms with Gasteiger partial charge in [0.15, 0.2) is 12.2 Å². The highest BCUT2D eigenvalue weighted by atomic mass is 31.2. The number of phosphoric ester groups is 2. The van der Waals surface area contributed by atoms with Gasteiger partial charge in [0.25, 0.3) is 0 Å². The third kappa shape index (κ3) is 55.0. The first-order valence-electron chi connectivity index (χ1n) is 31.8. The second-order valence-corrected chi connectivity index (χ2v) is 24.6. The maximum atomic E-state index is 12.9. The molecule has 0 spiro atoms. The lowest BCUT2D eigenvalue weighted by Gasteiger charge is -2.21. The number of carbonyl (C=O) groups is 4. The van der Waals surface area contributed by atoms with Crippen LogP contribution in [0.2, 0.25) is 0 Å². The number of aliphatic hydroxyl groups excluding tert-OH is 1. The van der Waals surface area contributed by atoms with Crippen molar-refractivity contribution in [1.29, 1.82) is 0 Å². The molecule has 0 saturated heterocycles. The molecule has 17 nitrogen and oxygen atoms in total. The molecule has 0 aromatic heterocycles. The average molecular weight is 1170 g/mol. The highest BCUT2D eigenvalue weighted by Gasteiger charge is 2.30. The van der Waals surface area contributed by atoms with Crippen LogP contribution in [0.4, 0.5) is 0 Å². The molecule has 0 aliphatic heterocycles. The van der Waals surface area contributed by atoms with E-state index in [0.717, 1.165) is 122 Å². The molecule has 0 bridgehead atoms. The van der Waals surface area contributed by atoms with Crippen molar-refractivity contribution in [3.8, 4) is 0 Å². The van der Waals surface area contributed by atoms with E-state index >= 15 is 0 Å². The van der Waals surface area contributed by atoms with Crippen LogP contribution < -0.4 is 0 Å². The third-order valence-electron chi connectivity index (χ3n) is 13.9. The number of unbranched alkanes of at least 4 members (excludes halogenated alkanes) is 35. The number of hydrogen-bond donors (Lipinski definition) is 3. The Hall–Kier alpha value is -1.94. The van der Waals surface area contributed by atoms with Gasteiger partial charge in [-0.05, 0) is 25.7 Å². The second-order valence-electron chi connectivity index (χ2n) is 21.7. The molecule has 0 aromatic rings. The Kier molecular flexibility index (Phi) is 53.9. The van der Waals surface area contributed by atoms with Crippen LogP contribution in [0.25, 0.3) is 0 Å². The number of phosphoric acid groups is 2. The van der Waals surface area contributed by atoms with Crippen LogP contribution in [0, 0.1) is 0 Å². The highest BCUT2D eigenvalue weighted by Crippen LogP contribution is 2.45. The zero-order valence-electron chi connectivity index (χ0n) is 50.3. The molecule has 0 aromatic carbocycles. The standard InChI is InChI=1S/C60H116O17P2/c1-5-9-13-17-20-21-22-23-24-25-26-27-28-29-30-31-32-35-39-43-47-60(65)77-56(51-71-58(63)45-41-37-33-18-14-10-6-2)53-75-79(68,69)73-49-54(61)48-72-78(66,67)74-52-55(50-70-57(62)44-40-36-16-12-8-4)76-59(64)46-42-38-34-19-15-11-7-3/h54-56,61H,5-53H2,1-4H3,(H,66,67)(H,68,69)/t54-,55+,56+/m0/s1. The summed E-state index contributed by atoms with van der Waals surface area (Å²) in [5.74, 6) is -2.16. The van der Waals surface area contributed by atoms with E-state index in [0.29, 0.717) is 25.7 Å². The van der Waals surface area contributed by atoms with Crippen LogP contribution >= 0.6 is 15.6 Å². The van der Waals surface area contributed by atoms with E-state index in [-0.39, 0.29) is 25.7 Å². The highest BCUT2D eigenvalue weighted by molar-refractivity contribution is 7.47. The predicted octanol–water partition coefficient (Wildman–Crippen LogP) is 16.4. The molecule has 0 amide bonds. The lowest BCUT2D eigenvalue weighted by atomic mass is 10.0. The van der Waals surface area contributed by atoms with Gasteiger partial charge in [-0.2, -0.15) is 0 Å². The minimum atomic E-state index is -4.93. The molecular formula is C60H116O17P2. The molecule has 19 heteroatoms. The van der Waals surface area contributed by atoms with Crippen LogP contribution in [0.15, 0.2) is 0 Å². The first kappa shape index (κ1) is 77.1. The Bertz CT molecular complexity index is 1540. The first-order chi connectivity index (χ1) is 38.2. The van der Waals surface area contributed by atoms with Crippen molar-refractivity contribution < 1.29 is 80.2 Å². The number of hydrogen-bond acceptors (Lipinski definition) is 15. The van der Waals surface area contributed by atoms with E-state index in [1.165, 1.54) is 103 Å². The lowest BCUT2D eigenvalue weighted by Crippen LogP contribution is -2.30. The van der Waals surface area contributed by atoms with Crippen molar-refractivity contribution in [1.82, 2.24) is 0 Å². The summed E-state index contributed by atoms with van der Waals surface area (Å²) < 4.78 is 67.4. The molecule has 79 heavy (non-hydrogen) atoms. The molecule has 0 heterocycles. The molecule has 0 aliphatic rings. The topological polar surface area (TPSA) is 237 Å². The normalized spacial score (nSPS) is 14.3. The number of rotatable bonds is 61. The summed E-state index contributed by atoms with van der Waals surface area (Å²) in [6.07, 6.45) is 39.8. The van der Waals surface area contributed by atoms with E-state index in [1.54, 1.807) is 0 Å². The quantitative estimate of drug-likeness (QED) is 0.0222. The van der Waals surface area contributed by atoms with Crippen molar-refractivity contribution >= 4 is 39.5 Å². The third-order valence-corrected chi connectivity index (χ3v) is 15.8. The summed E-state index contributed by atoms with van der Waals surface area (Å²) in [5.41, 5.74) is 0. The molecule has 468 valence electrons. The summed E-state index contributed by atoms with van der Waals surface area (Å²) in [4.78, 5) is 71.5. The first-order valence-corrected chi connectivity index (χ1v) is 34.8. The van der Waals surface area contributed by atoms with Gasteiger partial charge in [0.2, 0.25) is 0 Å².